The third-order valence-electron chi connectivity index (χ3n) is 6.66. The molecule has 3 aromatic carbocycles. The number of nitrogens with zero attached hydrogens (tertiary/aromatic N) is 2. The number of amides is 2. The van der Waals surface area contributed by atoms with Gasteiger partial charge in [0, 0.05) is 19.2 Å². The first kappa shape index (κ1) is 32.4. The summed E-state index contributed by atoms with van der Waals surface area (Å²) < 4.78 is 53.3. The number of sulfonamides is 1. The molecule has 0 saturated heterocycles. The highest BCUT2D eigenvalue weighted by atomic mass is 32.2. The standard InChI is InChI=1S/C31H38FN3O6S/c1-21(2)18-33-31(37)23(4)34(19-24-9-11-25(32)12-10-24)30(36)20-35(26-13-16-28(40-5)29(17-26)41-6)42(38,39)27-14-7-22(3)8-15-27/h7-17,21,23H,18-20H2,1-6H3,(H,33,37)/t23-/m0/s1. The predicted octanol–water partition coefficient (Wildman–Crippen LogP) is 4.54. The summed E-state index contributed by atoms with van der Waals surface area (Å²) in [5, 5.41) is 2.83. The molecule has 11 heteroatoms. The SMILES string of the molecule is COc1ccc(N(CC(=O)N(Cc2ccc(F)cc2)[C@@H](C)C(=O)NCC(C)C)S(=O)(=O)c2ccc(C)cc2)cc1OC. The predicted molar refractivity (Wildman–Crippen MR) is 160 cm³/mol. The van der Waals surface area contributed by atoms with Gasteiger partial charge in [0.05, 0.1) is 24.8 Å². The molecule has 1 atom stereocenters. The Morgan fingerprint density at radius 3 is 2.10 bits per heavy atom. The largest absolute Gasteiger partial charge is 0.493 e. The summed E-state index contributed by atoms with van der Waals surface area (Å²) in [6.45, 7) is 7.06. The van der Waals surface area contributed by atoms with E-state index >= 15 is 0 Å². The van der Waals surface area contributed by atoms with Crippen LogP contribution in [0.1, 0.15) is 31.9 Å². The maximum atomic E-state index is 14.0. The average molecular weight is 600 g/mol. The van der Waals surface area contributed by atoms with E-state index in [-0.39, 0.29) is 28.8 Å². The molecule has 0 bridgehead atoms. The molecule has 0 spiro atoms. The Balaban J connectivity index is 2.07. The molecule has 0 aliphatic rings. The Labute approximate surface area is 247 Å². The first-order valence-electron chi connectivity index (χ1n) is 13.5. The van der Waals surface area contributed by atoms with E-state index in [0.29, 0.717) is 17.9 Å². The number of methoxy groups -OCH3 is 2. The Morgan fingerprint density at radius 1 is 0.905 bits per heavy atom. The van der Waals surface area contributed by atoms with Crippen molar-refractivity contribution < 1.29 is 31.9 Å². The van der Waals surface area contributed by atoms with Crippen LogP contribution in [-0.2, 0) is 26.2 Å². The molecular weight excluding hydrogens is 561 g/mol. The quantitative estimate of drug-likeness (QED) is 0.310. The lowest BCUT2D eigenvalue weighted by atomic mass is 10.1. The van der Waals surface area contributed by atoms with Gasteiger partial charge in [-0.1, -0.05) is 43.7 Å². The highest BCUT2D eigenvalue weighted by Crippen LogP contribution is 2.34. The van der Waals surface area contributed by atoms with Gasteiger partial charge in [0.25, 0.3) is 10.0 Å². The molecule has 2 amide bonds. The zero-order chi connectivity index (χ0) is 31.0. The number of carbonyl (C=O) groups is 2. The lowest BCUT2D eigenvalue weighted by molar-refractivity contribution is -0.139. The molecule has 0 saturated carbocycles. The van der Waals surface area contributed by atoms with E-state index in [1.807, 2.05) is 20.8 Å². The molecule has 226 valence electrons. The van der Waals surface area contributed by atoms with Crippen LogP contribution in [0.3, 0.4) is 0 Å². The molecule has 9 nitrogen and oxygen atoms in total. The number of anilines is 1. The Kier molecular flexibility index (Phi) is 10.9. The molecule has 3 rings (SSSR count). The minimum Gasteiger partial charge on any atom is -0.493 e. The third kappa shape index (κ3) is 8.00. The number of ether oxygens (including phenoxy) is 2. The minimum absolute atomic E-state index is 0.0107. The first-order chi connectivity index (χ1) is 19.9. The number of benzene rings is 3. The van der Waals surface area contributed by atoms with Crippen LogP contribution in [0.25, 0.3) is 0 Å². The maximum absolute atomic E-state index is 14.0. The number of rotatable bonds is 13. The molecular formula is C31H38FN3O6S. The molecule has 42 heavy (non-hydrogen) atoms. The van der Waals surface area contributed by atoms with Crippen LogP contribution in [-0.4, -0.2) is 58.5 Å². The monoisotopic (exact) mass is 599 g/mol. The number of halogens is 1. The van der Waals surface area contributed by atoms with Crippen molar-refractivity contribution >= 4 is 27.5 Å². The van der Waals surface area contributed by atoms with Crippen LogP contribution < -0.4 is 19.1 Å². The number of carbonyl (C=O) groups excluding carboxylic acids is 2. The molecule has 3 aromatic rings. The molecule has 0 aromatic heterocycles. The van der Waals surface area contributed by atoms with Crippen molar-refractivity contribution in [3.8, 4) is 11.5 Å². The van der Waals surface area contributed by atoms with Crippen molar-refractivity contribution in [1.82, 2.24) is 10.2 Å². The van der Waals surface area contributed by atoms with Crippen LogP contribution in [0, 0.1) is 18.7 Å². The normalized spacial score (nSPS) is 12.0. The molecule has 0 aliphatic heterocycles. The van der Waals surface area contributed by atoms with Crippen LogP contribution in [0.5, 0.6) is 11.5 Å². The Hall–Kier alpha value is -4.12. The summed E-state index contributed by atoms with van der Waals surface area (Å²) in [7, 11) is -1.37. The number of hydrogen-bond acceptors (Lipinski definition) is 6. The second kappa shape index (κ2) is 14.2. The van der Waals surface area contributed by atoms with Crippen molar-refractivity contribution in [2.24, 2.45) is 5.92 Å². The number of aryl methyl sites for hydroxylation is 1. The van der Waals surface area contributed by atoms with Gasteiger partial charge in [0.1, 0.15) is 18.4 Å². The lowest BCUT2D eigenvalue weighted by Gasteiger charge is -2.32. The van der Waals surface area contributed by atoms with Gasteiger partial charge in [-0.05, 0) is 61.7 Å². The summed E-state index contributed by atoms with van der Waals surface area (Å²) in [4.78, 5) is 28.4. The lowest BCUT2D eigenvalue weighted by Crippen LogP contribution is -2.51. The fraction of sp³-hybridized carbons (Fsp3) is 0.355. The molecule has 1 N–H and O–H groups in total. The fourth-order valence-corrected chi connectivity index (χ4v) is 5.57. The van der Waals surface area contributed by atoms with Crippen molar-refractivity contribution in [2.45, 2.75) is 45.2 Å². The van der Waals surface area contributed by atoms with Gasteiger partial charge in [-0.2, -0.15) is 0 Å². The van der Waals surface area contributed by atoms with Gasteiger partial charge < -0.3 is 19.7 Å². The average Bonchev–Trinajstić information content (AvgIpc) is 2.97. The minimum atomic E-state index is -4.25. The summed E-state index contributed by atoms with van der Waals surface area (Å²) in [5.74, 6) is -0.620. The highest BCUT2D eigenvalue weighted by molar-refractivity contribution is 7.92. The van der Waals surface area contributed by atoms with Crippen LogP contribution >= 0.6 is 0 Å². The van der Waals surface area contributed by atoms with E-state index in [2.05, 4.69) is 5.32 Å². The summed E-state index contributed by atoms with van der Waals surface area (Å²) in [6.07, 6.45) is 0. The molecule has 0 aliphatic carbocycles. The van der Waals surface area contributed by atoms with Gasteiger partial charge in [-0.15, -0.1) is 0 Å². The van der Waals surface area contributed by atoms with Gasteiger partial charge in [0.15, 0.2) is 11.5 Å². The van der Waals surface area contributed by atoms with Gasteiger partial charge in [-0.25, -0.2) is 12.8 Å². The molecule has 0 heterocycles. The topological polar surface area (TPSA) is 105 Å². The second-order valence-corrected chi connectivity index (χ2v) is 12.2. The third-order valence-corrected chi connectivity index (χ3v) is 8.45. The Morgan fingerprint density at radius 2 is 1.52 bits per heavy atom. The smallest absolute Gasteiger partial charge is 0.264 e. The van der Waals surface area contributed by atoms with E-state index in [9.17, 15) is 22.4 Å². The fourth-order valence-electron chi connectivity index (χ4n) is 4.17. The van der Waals surface area contributed by atoms with Crippen molar-refractivity contribution in [3.05, 3.63) is 83.7 Å². The summed E-state index contributed by atoms with van der Waals surface area (Å²) >= 11 is 0. The zero-order valence-corrected chi connectivity index (χ0v) is 25.6. The highest BCUT2D eigenvalue weighted by Gasteiger charge is 2.33. The second-order valence-electron chi connectivity index (χ2n) is 10.3. The maximum Gasteiger partial charge on any atom is 0.264 e. The van der Waals surface area contributed by atoms with Crippen LogP contribution in [0.15, 0.2) is 71.6 Å². The summed E-state index contributed by atoms with van der Waals surface area (Å²) in [5.41, 5.74) is 1.61. The zero-order valence-electron chi connectivity index (χ0n) is 24.8. The van der Waals surface area contributed by atoms with Crippen molar-refractivity contribution in [3.63, 3.8) is 0 Å². The van der Waals surface area contributed by atoms with Gasteiger partial charge in [0.2, 0.25) is 11.8 Å². The van der Waals surface area contributed by atoms with E-state index in [1.165, 1.54) is 67.7 Å². The van der Waals surface area contributed by atoms with E-state index in [1.54, 1.807) is 25.1 Å². The van der Waals surface area contributed by atoms with Crippen molar-refractivity contribution in [2.75, 3.05) is 31.6 Å². The van der Waals surface area contributed by atoms with Gasteiger partial charge in [-0.3, -0.25) is 13.9 Å². The summed E-state index contributed by atoms with van der Waals surface area (Å²) in [6, 6.07) is 15.4. The van der Waals surface area contributed by atoms with E-state index in [0.717, 1.165) is 9.87 Å². The van der Waals surface area contributed by atoms with E-state index in [4.69, 9.17) is 9.47 Å². The van der Waals surface area contributed by atoms with E-state index < -0.39 is 40.2 Å². The number of hydrogen-bond donors (Lipinski definition) is 1. The molecule has 0 unspecified atom stereocenters. The van der Waals surface area contributed by atoms with Crippen LogP contribution in [0.4, 0.5) is 10.1 Å². The molecule has 0 radical (unpaired) electrons. The van der Waals surface area contributed by atoms with Gasteiger partial charge >= 0.3 is 0 Å². The molecule has 0 fully saturated rings. The number of nitrogens with one attached hydrogen (secondary N) is 1. The first-order valence-corrected chi connectivity index (χ1v) is 14.9. The Bertz CT molecular complexity index is 1480. The van der Waals surface area contributed by atoms with Crippen LogP contribution in [0.2, 0.25) is 0 Å². The van der Waals surface area contributed by atoms with Crippen molar-refractivity contribution in [1.29, 1.82) is 0 Å².